The van der Waals surface area contributed by atoms with Crippen molar-refractivity contribution in [2.75, 3.05) is 30.4 Å². The molecule has 1 aromatic carbocycles. The van der Waals surface area contributed by atoms with Crippen molar-refractivity contribution in [2.24, 2.45) is 0 Å². The summed E-state index contributed by atoms with van der Waals surface area (Å²) >= 11 is 0. The van der Waals surface area contributed by atoms with Gasteiger partial charge in [0, 0.05) is 26.2 Å². The summed E-state index contributed by atoms with van der Waals surface area (Å²) in [6, 6.07) is 9.25. The highest BCUT2D eigenvalue weighted by Gasteiger charge is 2.38. The molecule has 2 amide bonds. The second-order valence-corrected chi connectivity index (χ2v) is 7.05. The van der Waals surface area contributed by atoms with Crippen LogP contribution in [0.3, 0.4) is 0 Å². The smallest absolute Gasteiger partial charge is 0.254 e. The molecule has 2 aliphatic heterocycles. The molecular weight excluding hydrogens is 330 g/mol. The molecule has 26 heavy (non-hydrogen) atoms. The van der Waals surface area contributed by atoms with Crippen molar-refractivity contribution in [1.82, 2.24) is 4.90 Å². The molecule has 0 unspecified atom stereocenters. The second-order valence-electron chi connectivity index (χ2n) is 7.05. The number of carbonyl (C=O) groups excluding carboxylic acids is 2. The Morgan fingerprint density at radius 1 is 1.27 bits per heavy atom. The van der Waals surface area contributed by atoms with E-state index in [-0.39, 0.29) is 17.9 Å². The lowest BCUT2D eigenvalue weighted by atomic mass is 9.95. The first-order chi connectivity index (χ1) is 12.6. The summed E-state index contributed by atoms with van der Waals surface area (Å²) in [6.45, 7) is 1.30. The molecule has 3 heterocycles. The summed E-state index contributed by atoms with van der Waals surface area (Å²) in [6.07, 6.45) is 4.68. The third kappa shape index (κ3) is 2.75. The fourth-order valence-electron chi connectivity index (χ4n) is 3.92. The molecule has 1 aromatic heterocycles. The Morgan fingerprint density at radius 2 is 2.12 bits per heavy atom. The van der Waals surface area contributed by atoms with E-state index in [2.05, 4.69) is 4.90 Å². The summed E-state index contributed by atoms with van der Waals surface area (Å²) in [5.74, 6) is 0.763. The fraction of sp³-hybridized carbons (Fsp3) is 0.400. The molecular formula is C20H23N3O3. The van der Waals surface area contributed by atoms with Gasteiger partial charge in [0.05, 0.1) is 24.2 Å². The van der Waals surface area contributed by atoms with E-state index >= 15 is 0 Å². The van der Waals surface area contributed by atoms with Crippen LogP contribution in [0.15, 0.2) is 41.0 Å². The van der Waals surface area contributed by atoms with Crippen molar-refractivity contribution in [3.05, 3.63) is 47.9 Å². The minimum Gasteiger partial charge on any atom is -0.467 e. The van der Waals surface area contributed by atoms with Gasteiger partial charge in [-0.2, -0.15) is 0 Å². The van der Waals surface area contributed by atoms with Crippen molar-refractivity contribution in [3.63, 3.8) is 0 Å². The molecule has 0 bridgehead atoms. The first kappa shape index (κ1) is 16.7. The van der Waals surface area contributed by atoms with Gasteiger partial charge in [0.1, 0.15) is 11.8 Å². The number of furan rings is 1. The molecule has 2 aliphatic rings. The van der Waals surface area contributed by atoms with Crippen LogP contribution in [0, 0.1) is 0 Å². The average molecular weight is 353 g/mol. The lowest BCUT2D eigenvalue weighted by Crippen LogP contribution is -2.54. The van der Waals surface area contributed by atoms with Crippen molar-refractivity contribution >= 4 is 23.2 Å². The molecule has 1 atom stereocenters. The third-order valence-corrected chi connectivity index (χ3v) is 5.33. The van der Waals surface area contributed by atoms with Gasteiger partial charge in [0.15, 0.2) is 0 Å². The fourth-order valence-corrected chi connectivity index (χ4v) is 3.92. The number of fused-ring (bicyclic) bond motifs is 3. The van der Waals surface area contributed by atoms with Crippen LogP contribution in [0.5, 0.6) is 0 Å². The number of benzene rings is 1. The van der Waals surface area contributed by atoms with Gasteiger partial charge in [0.25, 0.3) is 5.91 Å². The van der Waals surface area contributed by atoms with Crippen molar-refractivity contribution in [1.29, 1.82) is 0 Å². The number of anilines is 2. The molecule has 2 aromatic rings. The maximum Gasteiger partial charge on any atom is 0.254 e. The van der Waals surface area contributed by atoms with Crippen LogP contribution < -0.4 is 9.80 Å². The number of hydrogen-bond donors (Lipinski definition) is 0. The lowest BCUT2D eigenvalue weighted by molar-refractivity contribution is -0.120. The van der Waals surface area contributed by atoms with E-state index in [1.165, 1.54) is 0 Å². The van der Waals surface area contributed by atoms with Crippen LogP contribution in [0.2, 0.25) is 0 Å². The summed E-state index contributed by atoms with van der Waals surface area (Å²) in [4.78, 5) is 31.0. The van der Waals surface area contributed by atoms with Gasteiger partial charge >= 0.3 is 0 Å². The number of nitrogens with zero attached hydrogens (tertiary/aromatic N) is 3. The van der Waals surface area contributed by atoms with Gasteiger partial charge in [-0.05, 0) is 49.6 Å². The molecule has 0 radical (unpaired) electrons. The molecule has 0 spiro atoms. The molecule has 4 rings (SSSR count). The molecule has 6 nitrogen and oxygen atoms in total. The van der Waals surface area contributed by atoms with E-state index in [0.717, 1.165) is 42.9 Å². The Morgan fingerprint density at radius 3 is 2.88 bits per heavy atom. The zero-order chi connectivity index (χ0) is 18.3. The van der Waals surface area contributed by atoms with Crippen LogP contribution in [-0.4, -0.2) is 43.4 Å². The Hall–Kier alpha value is -2.76. The van der Waals surface area contributed by atoms with Crippen LogP contribution >= 0.6 is 0 Å². The number of likely N-dealkylation sites (N-methyl/N-ethyl adjacent to an activating group) is 1. The SMILES string of the molecule is CN(Cc1ccco1)C(=O)c1ccc2c(c1)N(C)C(=O)[C@H]1CCCCN21. The van der Waals surface area contributed by atoms with Gasteiger partial charge in [-0.15, -0.1) is 0 Å². The topological polar surface area (TPSA) is 57.0 Å². The summed E-state index contributed by atoms with van der Waals surface area (Å²) in [5.41, 5.74) is 2.43. The van der Waals surface area contributed by atoms with E-state index < -0.39 is 0 Å². The predicted molar refractivity (Wildman–Crippen MR) is 99.3 cm³/mol. The number of carbonyl (C=O) groups is 2. The van der Waals surface area contributed by atoms with E-state index in [9.17, 15) is 9.59 Å². The van der Waals surface area contributed by atoms with Crippen LogP contribution in [0.1, 0.15) is 35.4 Å². The van der Waals surface area contributed by atoms with E-state index in [0.29, 0.717) is 12.1 Å². The van der Waals surface area contributed by atoms with Gasteiger partial charge in [0.2, 0.25) is 5.91 Å². The maximum absolute atomic E-state index is 12.8. The Labute approximate surface area is 153 Å². The molecule has 1 fully saturated rings. The second kappa shape index (κ2) is 6.52. The van der Waals surface area contributed by atoms with Crippen molar-refractivity contribution < 1.29 is 14.0 Å². The van der Waals surface area contributed by atoms with E-state index in [4.69, 9.17) is 4.42 Å². The maximum atomic E-state index is 12.8. The largest absolute Gasteiger partial charge is 0.467 e. The zero-order valence-electron chi connectivity index (χ0n) is 15.1. The van der Waals surface area contributed by atoms with Crippen molar-refractivity contribution in [2.45, 2.75) is 31.8 Å². The highest BCUT2D eigenvalue weighted by molar-refractivity contribution is 6.07. The number of piperidine rings is 1. The van der Waals surface area contributed by atoms with Gasteiger partial charge in [-0.1, -0.05) is 0 Å². The van der Waals surface area contributed by atoms with Crippen LogP contribution in [0.4, 0.5) is 11.4 Å². The first-order valence-electron chi connectivity index (χ1n) is 9.02. The number of hydrogen-bond acceptors (Lipinski definition) is 4. The van der Waals surface area contributed by atoms with E-state index in [1.54, 1.807) is 30.2 Å². The number of rotatable bonds is 3. The molecule has 6 heteroatoms. The van der Waals surface area contributed by atoms with Crippen molar-refractivity contribution in [3.8, 4) is 0 Å². The summed E-state index contributed by atoms with van der Waals surface area (Å²) in [7, 11) is 3.55. The normalized spacial score (nSPS) is 19.2. The predicted octanol–water partition coefficient (Wildman–Crippen LogP) is 2.89. The zero-order valence-corrected chi connectivity index (χ0v) is 15.1. The Kier molecular flexibility index (Phi) is 4.18. The average Bonchev–Trinajstić information content (AvgIpc) is 3.18. The lowest BCUT2D eigenvalue weighted by Gasteiger charge is -2.44. The van der Waals surface area contributed by atoms with E-state index in [1.807, 2.05) is 30.3 Å². The van der Waals surface area contributed by atoms with Crippen LogP contribution in [-0.2, 0) is 11.3 Å². The van der Waals surface area contributed by atoms with Gasteiger partial charge in [-0.3, -0.25) is 9.59 Å². The minimum atomic E-state index is -0.0918. The molecule has 0 aliphatic carbocycles. The first-order valence-corrected chi connectivity index (χ1v) is 9.02. The molecule has 1 saturated heterocycles. The van der Waals surface area contributed by atoms with Crippen LogP contribution in [0.25, 0.3) is 0 Å². The Bertz CT molecular complexity index is 831. The monoisotopic (exact) mass is 353 g/mol. The highest BCUT2D eigenvalue weighted by atomic mass is 16.3. The molecule has 136 valence electrons. The summed E-state index contributed by atoms with van der Waals surface area (Å²) in [5, 5.41) is 0. The number of amides is 2. The third-order valence-electron chi connectivity index (χ3n) is 5.33. The standard InChI is InChI=1S/C20H23N3O3/c1-21(13-15-6-5-11-26-15)19(24)14-8-9-16-18(12-14)22(2)20(25)17-7-3-4-10-23(16)17/h5-6,8-9,11-12,17H,3-4,7,10,13H2,1-2H3/t17-/m1/s1. The highest BCUT2D eigenvalue weighted by Crippen LogP contribution is 2.39. The minimum absolute atomic E-state index is 0.0653. The quantitative estimate of drug-likeness (QED) is 0.851. The summed E-state index contributed by atoms with van der Waals surface area (Å²) < 4.78 is 5.32. The van der Waals surface area contributed by atoms with Gasteiger partial charge in [-0.25, -0.2) is 0 Å². The van der Waals surface area contributed by atoms with Gasteiger partial charge < -0.3 is 19.1 Å². The molecule has 0 N–H and O–H groups in total. The Balaban J connectivity index is 1.62. The molecule has 0 saturated carbocycles.